The van der Waals surface area contributed by atoms with E-state index in [0.29, 0.717) is 28.2 Å². The van der Waals surface area contributed by atoms with E-state index in [0.717, 1.165) is 49.3 Å². The summed E-state index contributed by atoms with van der Waals surface area (Å²) in [6.45, 7) is 1.80. The number of nitrogens with one attached hydrogen (secondary N) is 1. The number of halogens is 3. The molecule has 4 aromatic rings. The number of fused-ring (bicyclic) bond motifs is 1. The molecule has 33 heavy (non-hydrogen) atoms. The van der Waals surface area contributed by atoms with Crippen LogP contribution in [0, 0.1) is 0 Å². The van der Waals surface area contributed by atoms with Crippen LogP contribution in [-0.2, 0) is 6.18 Å². The van der Waals surface area contributed by atoms with Crippen molar-refractivity contribution in [3.05, 3.63) is 60.4 Å². The molecule has 1 aliphatic rings. The van der Waals surface area contributed by atoms with E-state index in [2.05, 4.69) is 20.3 Å². The highest BCUT2D eigenvalue weighted by Crippen LogP contribution is 2.33. The Bertz CT molecular complexity index is 1260. The summed E-state index contributed by atoms with van der Waals surface area (Å²) in [5, 5.41) is 10.8. The molecule has 2 aromatic carbocycles. The molecule has 3 heterocycles. The van der Waals surface area contributed by atoms with Gasteiger partial charge >= 0.3 is 6.18 Å². The van der Waals surface area contributed by atoms with Crippen LogP contribution in [-0.4, -0.2) is 32.9 Å². The van der Waals surface area contributed by atoms with Crippen molar-refractivity contribution < 1.29 is 13.2 Å². The lowest BCUT2D eigenvalue weighted by Gasteiger charge is -2.28. The third-order valence-corrected chi connectivity index (χ3v) is 5.74. The zero-order chi connectivity index (χ0) is 23.0. The van der Waals surface area contributed by atoms with Gasteiger partial charge in [0, 0.05) is 30.0 Å². The Hall–Kier alpha value is -3.82. The quantitative estimate of drug-likeness (QED) is 0.454. The monoisotopic (exact) mass is 453 g/mol. The average molecular weight is 453 g/mol. The van der Waals surface area contributed by atoms with Gasteiger partial charge in [-0.2, -0.15) is 18.0 Å². The van der Waals surface area contributed by atoms with Crippen molar-refractivity contribution in [3.8, 4) is 11.3 Å². The van der Waals surface area contributed by atoms with Crippen molar-refractivity contribution in [2.24, 2.45) is 0 Å². The molecular formula is C23H22F3N7. The molecule has 5 rings (SSSR count). The molecular weight excluding hydrogens is 431 g/mol. The molecule has 0 bridgehead atoms. The molecule has 3 N–H and O–H groups in total. The lowest BCUT2D eigenvalue weighted by molar-refractivity contribution is -0.137. The maximum Gasteiger partial charge on any atom is 0.416 e. The summed E-state index contributed by atoms with van der Waals surface area (Å²) >= 11 is 0. The predicted octanol–water partition coefficient (Wildman–Crippen LogP) is 4.96. The number of nitrogens with two attached hydrogens (primary N) is 1. The van der Waals surface area contributed by atoms with Gasteiger partial charge in [-0.1, -0.05) is 12.1 Å². The molecule has 0 amide bonds. The van der Waals surface area contributed by atoms with Gasteiger partial charge in [0.1, 0.15) is 17.8 Å². The fraction of sp³-hybridized carbons (Fsp3) is 0.261. The third kappa shape index (κ3) is 4.15. The van der Waals surface area contributed by atoms with Crippen LogP contribution in [0.15, 0.2) is 54.9 Å². The largest absolute Gasteiger partial charge is 0.416 e. The molecule has 1 aliphatic heterocycles. The molecule has 0 atom stereocenters. The highest BCUT2D eigenvalue weighted by Gasteiger charge is 2.30. The van der Waals surface area contributed by atoms with Crippen molar-refractivity contribution in [3.63, 3.8) is 0 Å². The normalized spacial score (nSPS) is 14.6. The first-order chi connectivity index (χ1) is 15.9. The number of nitrogen functional groups attached to an aromatic ring is 1. The van der Waals surface area contributed by atoms with Gasteiger partial charge < -0.3 is 11.1 Å². The number of piperidine rings is 1. The zero-order valence-corrected chi connectivity index (χ0v) is 17.7. The SMILES string of the molecule is Nc1ncnc2c1c(-c1ccc(Nc3ccc(C(F)(F)F)cc3)cc1)nn2N1CCCCC1. The first-order valence-electron chi connectivity index (χ1n) is 10.7. The number of alkyl halides is 3. The van der Waals surface area contributed by atoms with Crippen LogP contribution in [0.4, 0.5) is 30.4 Å². The molecule has 0 saturated carbocycles. The van der Waals surface area contributed by atoms with Crippen LogP contribution in [0.3, 0.4) is 0 Å². The maximum atomic E-state index is 12.8. The van der Waals surface area contributed by atoms with Crippen molar-refractivity contribution >= 4 is 28.2 Å². The molecule has 170 valence electrons. The van der Waals surface area contributed by atoms with E-state index in [-0.39, 0.29) is 0 Å². The van der Waals surface area contributed by atoms with Gasteiger partial charge in [-0.3, -0.25) is 5.01 Å². The second kappa shape index (κ2) is 8.27. The molecule has 0 unspecified atom stereocenters. The fourth-order valence-corrected chi connectivity index (χ4v) is 4.05. The minimum Gasteiger partial charge on any atom is -0.383 e. The summed E-state index contributed by atoms with van der Waals surface area (Å²) in [4.78, 5) is 10.4. The van der Waals surface area contributed by atoms with E-state index in [1.165, 1.54) is 24.9 Å². The Balaban J connectivity index is 1.44. The Labute approximate surface area is 188 Å². The molecule has 7 nitrogen and oxygen atoms in total. The van der Waals surface area contributed by atoms with Crippen LogP contribution in [0.5, 0.6) is 0 Å². The summed E-state index contributed by atoms with van der Waals surface area (Å²) in [5.74, 6) is 0.366. The van der Waals surface area contributed by atoms with E-state index in [1.54, 1.807) is 0 Å². The minimum atomic E-state index is -4.36. The number of hydrogen-bond acceptors (Lipinski definition) is 6. The van der Waals surface area contributed by atoms with Crippen LogP contribution < -0.4 is 16.1 Å². The number of hydrogen-bond donors (Lipinski definition) is 2. The average Bonchev–Trinajstić information content (AvgIpc) is 3.21. The topological polar surface area (TPSA) is 84.9 Å². The van der Waals surface area contributed by atoms with Gasteiger partial charge in [-0.15, -0.1) is 5.10 Å². The lowest BCUT2D eigenvalue weighted by atomic mass is 10.1. The molecule has 10 heteroatoms. The molecule has 2 aromatic heterocycles. The van der Waals surface area contributed by atoms with E-state index in [9.17, 15) is 13.2 Å². The lowest BCUT2D eigenvalue weighted by Crippen LogP contribution is -2.40. The highest BCUT2D eigenvalue weighted by atomic mass is 19.4. The van der Waals surface area contributed by atoms with Gasteiger partial charge in [0.15, 0.2) is 5.65 Å². The first-order valence-corrected chi connectivity index (χ1v) is 10.7. The molecule has 0 spiro atoms. The Morgan fingerprint density at radius 1 is 0.848 bits per heavy atom. The fourth-order valence-electron chi connectivity index (χ4n) is 4.05. The van der Waals surface area contributed by atoms with Gasteiger partial charge in [0.25, 0.3) is 0 Å². The molecule has 0 radical (unpaired) electrons. The smallest absolute Gasteiger partial charge is 0.383 e. The number of aromatic nitrogens is 4. The van der Waals surface area contributed by atoms with E-state index < -0.39 is 11.7 Å². The van der Waals surface area contributed by atoms with E-state index in [1.807, 2.05) is 29.1 Å². The summed E-state index contributed by atoms with van der Waals surface area (Å²) < 4.78 is 38.3. The zero-order valence-electron chi connectivity index (χ0n) is 17.7. The number of benzene rings is 2. The minimum absolute atomic E-state index is 0.366. The summed E-state index contributed by atoms with van der Waals surface area (Å²) in [6, 6.07) is 12.4. The third-order valence-electron chi connectivity index (χ3n) is 5.74. The Morgan fingerprint density at radius 3 is 2.12 bits per heavy atom. The molecule has 1 saturated heterocycles. The van der Waals surface area contributed by atoms with Crippen LogP contribution in [0.25, 0.3) is 22.3 Å². The van der Waals surface area contributed by atoms with Crippen molar-refractivity contribution in [2.75, 3.05) is 29.1 Å². The van der Waals surface area contributed by atoms with Crippen LogP contribution in [0.1, 0.15) is 24.8 Å². The van der Waals surface area contributed by atoms with E-state index in [4.69, 9.17) is 10.8 Å². The second-order valence-electron chi connectivity index (χ2n) is 7.99. The van der Waals surface area contributed by atoms with Gasteiger partial charge in [0.05, 0.1) is 10.9 Å². The summed E-state index contributed by atoms with van der Waals surface area (Å²) in [7, 11) is 0. The Kier molecular flexibility index (Phi) is 5.27. The summed E-state index contributed by atoms with van der Waals surface area (Å²) in [6.07, 6.45) is 0.489. The van der Waals surface area contributed by atoms with Crippen LogP contribution >= 0.6 is 0 Å². The standard InChI is InChI=1S/C23H22F3N7/c24-23(25,26)16-6-10-18(11-7-16)30-17-8-4-15(5-9-17)20-19-21(27)28-14-29-22(19)33(31-20)32-12-2-1-3-13-32/h4-11,14,30H,1-3,12-13H2,(H2,27,28,29). The molecule has 1 fully saturated rings. The van der Waals surface area contributed by atoms with Crippen LogP contribution in [0.2, 0.25) is 0 Å². The number of nitrogens with zero attached hydrogens (tertiary/aromatic N) is 5. The second-order valence-corrected chi connectivity index (χ2v) is 7.99. The maximum absolute atomic E-state index is 12.8. The van der Waals surface area contributed by atoms with Crippen molar-refractivity contribution in [2.45, 2.75) is 25.4 Å². The van der Waals surface area contributed by atoms with Gasteiger partial charge in [-0.25, -0.2) is 9.97 Å². The number of rotatable bonds is 4. The predicted molar refractivity (Wildman–Crippen MR) is 122 cm³/mol. The molecule has 0 aliphatic carbocycles. The van der Waals surface area contributed by atoms with Gasteiger partial charge in [-0.05, 0) is 55.7 Å². The van der Waals surface area contributed by atoms with Gasteiger partial charge in [0.2, 0.25) is 0 Å². The van der Waals surface area contributed by atoms with Crippen molar-refractivity contribution in [1.82, 2.24) is 19.9 Å². The highest BCUT2D eigenvalue weighted by molar-refractivity contribution is 5.98. The van der Waals surface area contributed by atoms with Crippen molar-refractivity contribution in [1.29, 1.82) is 0 Å². The number of anilines is 3. The Morgan fingerprint density at radius 2 is 1.48 bits per heavy atom. The summed E-state index contributed by atoms with van der Waals surface area (Å²) in [5.41, 5.74) is 9.02. The van der Waals surface area contributed by atoms with E-state index >= 15 is 0 Å². The first kappa shape index (κ1) is 21.0.